The molecule has 31 heavy (non-hydrogen) atoms. The summed E-state index contributed by atoms with van der Waals surface area (Å²) in [5.74, 6) is -2.30. The van der Waals surface area contributed by atoms with Gasteiger partial charge in [-0.2, -0.15) is 0 Å². The number of rotatable bonds is 6. The molecule has 1 aliphatic rings. The lowest BCUT2D eigenvalue weighted by Gasteiger charge is -2.20. The van der Waals surface area contributed by atoms with Crippen LogP contribution in [0.4, 0.5) is 0 Å². The van der Waals surface area contributed by atoms with Crippen molar-refractivity contribution in [2.45, 2.75) is 6.04 Å². The van der Waals surface area contributed by atoms with E-state index in [1.807, 2.05) is 0 Å². The van der Waals surface area contributed by atoms with Crippen LogP contribution in [0.5, 0.6) is 0 Å². The minimum Gasteiger partial charge on any atom is -0.442 e. The lowest BCUT2D eigenvalue weighted by molar-refractivity contribution is -0.148. The number of nitrogens with one attached hydrogen (secondary N) is 1. The molecule has 154 valence electrons. The summed E-state index contributed by atoms with van der Waals surface area (Å²) < 4.78 is 5.28. The van der Waals surface area contributed by atoms with Crippen LogP contribution in [-0.4, -0.2) is 35.3 Å². The lowest BCUT2D eigenvalue weighted by Crippen LogP contribution is -2.38. The predicted octanol–water partition coefficient (Wildman–Crippen LogP) is 2.95. The SMILES string of the molecule is O=C(N[C@H](C(=O)OCN1C(=O)c2ccccc2C1=O)c1ccccc1)c1ccccc1. The Bertz CT molecular complexity index is 1110. The molecule has 1 atom stereocenters. The summed E-state index contributed by atoms with van der Waals surface area (Å²) in [4.78, 5) is 51.3. The van der Waals surface area contributed by atoms with Crippen LogP contribution in [0.2, 0.25) is 0 Å². The molecular weight excluding hydrogens is 396 g/mol. The van der Waals surface area contributed by atoms with Crippen LogP contribution in [-0.2, 0) is 9.53 Å². The van der Waals surface area contributed by atoms with Crippen LogP contribution in [0.25, 0.3) is 0 Å². The molecule has 0 bridgehead atoms. The standard InChI is InChI=1S/C24H18N2O5/c27-21(17-11-5-2-6-12-17)25-20(16-9-3-1-4-10-16)24(30)31-15-26-22(28)18-13-7-8-14-19(18)23(26)29/h1-14,20H,15H2,(H,25,27)/t20-/m0/s1. The maximum atomic E-state index is 12.9. The van der Waals surface area contributed by atoms with Gasteiger partial charge in [0, 0.05) is 5.56 Å². The smallest absolute Gasteiger partial charge is 0.335 e. The van der Waals surface area contributed by atoms with Crippen molar-refractivity contribution in [3.63, 3.8) is 0 Å². The molecule has 0 saturated heterocycles. The number of amides is 3. The number of esters is 1. The molecule has 0 spiro atoms. The van der Waals surface area contributed by atoms with E-state index >= 15 is 0 Å². The summed E-state index contributed by atoms with van der Waals surface area (Å²) in [6, 6.07) is 22.4. The Kier molecular flexibility index (Phi) is 5.57. The molecule has 7 heteroatoms. The Balaban J connectivity index is 1.50. The van der Waals surface area contributed by atoms with E-state index < -0.39 is 36.5 Å². The van der Waals surface area contributed by atoms with Crippen molar-refractivity contribution in [3.05, 3.63) is 107 Å². The van der Waals surface area contributed by atoms with Gasteiger partial charge in [0.05, 0.1) is 11.1 Å². The first-order chi connectivity index (χ1) is 15.1. The Labute approximate surface area is 178 Å². The zero-order valence-corrected chi connectivity index (χ0v) is 16.4. The van der Waals surface area contributed by atoms with Crippen molar-refractivity contribution in [2.75, 3.05) is 6.73 Å². The fourth-order valence-electron chi connectivity index (χ4n) is 3.30. The van der Waals surface area contributed by atoms with E-state index in [2.05, 4.69) is 5.32 Å². The second-order valence-corrected chi connectivity index (χ2v) is 6.86. The quantitative estimate of drug-likeness (QED) is 0.495. The molecule has 1 aliphatic heterocycles. The highest BCUT2D eigenvalue weighted by molar-refractivity contribution is 6.21. The summed E-state index contributed by atoms with van der Waals surface area (Å²) in [6.45, 7) is -0.546. The number of carbonyl (C=O) groups excluding carboxylic acids is 4. The van der Waals surface area contributed by atoms with E-state index in [1.165, 1.54) is 0 Å². The molecule has 3 aromatic carbocycles. The van der Waals surface area contributed by atoms with Gasteiger partial charge in [-0.15, -0.1) is 0 Å². The molecule has 7 nitrogen and oxygen atoms in total. The van der Waals surface area contributed by atoms with Crippen LogP contribution in [0.15, 0.2) is 84.9 Å². The van der Waals surface area contributed by atoms with Gasteiger partial charge in [-0.05, 0) is 29.8 Å². The monoisotopic (exact) mass is 414 g/mol. The predicted molar refractivity (Wildman–Crippen MR) is 111 cm³/mol. The Morgan fingerprint density at radius 1 is 0.774 bits per heavy atom. The summed E-state index contributed by atoms with van der Waals surface area (Å²) in [5.41, 5.74) is 1.43. The molecule has 3 aromatic rings. The molecule has 1 N–H and O–H groups in total. The number of carbonyl (C=O) groups is 4. The highest BCUT2D eigenvalue weighted by Gasteiger charge is 2.36. The second-order valence-electron chi connectivity index (χ2n) is 6.86. The largest absolute Gasteiger partial charge is 0.442 e. The van der Waals surface area contributed by atoms with Crippen LogP contribution < -0.4 is 5.32 Å². The minimum absolute atomic E-state index is 0.264. The first kappa shape index (κ1) is 20.0. The van der Waals surface area contributed by atoms with Gasteiger partial charge in [0.2, 0.25) is 0 Å². The normalized spacial score (nSPS) is 13.5. The molecule has 0 fully saturated rings. The topological polar surface area (TPSA) is 92.8 Å². The van der Waals surface area contributed by atoms with Crippen molar-refractivity contribution in [2.24, 2.45) is 0 Å². The highest BCUT2D eigenvalue weighted by atomic mass is 16.5. The highest BCUT2D eigenvalue weighted by Crippen LogP contribution is 2.23. The molecular formula is C24H18N2O5. The fourth-order valence-corrected chi connectivity index (χ4v) is 3.30. The fraction of sp³-hybridized carbons (Fsp3) is 0.0833. The molecule has 1 heterocycles. The van der Waals surface area contributed by atoms with E-state index in [9.17, 15) is 19.2 Å². The summed E-state index contributed by atoms with van der Waals surface area (Å²) >= 11 is 0. The second kappa shape index (κ2) is 8.62. The van der Waals surface area contributed by atoms with Crippen molar-refractivity contribution in [1.29, 1.82) is 0 Å². The number of fused-ring (bicyclic) bond motifs is 1. The number of imide groups is 1. The number of hydrogen-bond donors (Lipinski definition) is 1. The number of benzene rings is 3. The van der Waals surface area contributed by atoms with Gasteiger partial charge in [0.15, 0.2) is 12.8 Å². The van der Waals surface area contributed by atoms with Crippen LogP contribution >= 0.6 is 0 Å². The lowest BCUT2D eigenvalue weighted by atomic mass is 10.1. The van der Waals surface area contributed by atoms with Crippen molar-refractivity contribution < 1.29 is 23.9 Å². The van der Waals surface area contributed by atoms with Gasteiger partial charge in [-0.1, -0.05) is 60.7 Å². The third-order valence-electron chi connectivity index (χ3n) is 4.89. The van der Waals surface area contributed by atoms with Crippen LogP contribution in [0.1, 0.15) is 42.7 Å². The van der Waals surface area contributed by atoms with Crippen molar-refractivity contribution in [1.82, 2.24) is 10.2 Å². The molecule has 4 rings (SSSR count). The maximum absolute atomic E-state index is 12.9. The van der Waals surface area contributed by atoms with Gasteiger partial charge in [-0.25, -0.2) is 9.69 Å². The minimum atomic E-state index is -1.11. The van der Waals surface area contributed by atoms with E-state index in [1.54, 1.807) is 84.9 Å². The van der Waals surface area contributed by atoms with Gasteiger partial charge in [-0.3, -0.25) is 14.4 Å². The Hall–Kier alpha value is -4.26. The third kappa shape index (κ3) is 4.06. The number of nitrogens with zero attached hydrogens (tertiary/aromatic N) is 1. The van der Waals surface area contributed by atoms with Gasteiger partial charge in [0.25, 0.3) is 17.7 Å². The summed E-state index contributed by atoms with van der Waals surface area (Å²) in [7, 11) is 0. The van der Waals surface area contributed by atoms with Gasteiger partial charge in [0.1, 0.15) is 0 Å². The average Bonchev–Trinajstić information content (AvgIpc) is 3.06. The number of ether oxygens (including phenoxy) is 1. The number of hydrogen-bond acceptors (Lipinski definition) is 5. The molecule has 3 amide bonds. The van der Waals surface area contributed by atoms with Crippen molar-refractivity contribution in [3.8, 4) is 0 Å². The Morgan fingerprint density at radius 2 is 1.29 bits per heavy atom. The third-order valence-corrected chi connectivity index (χ3v) is 4.89. The molecule has 0 aliphatic carbocycles. The van der Waals surface area contributed by atoms with E-state index in [4.69, 9.17) is 4.74 Å². The van der Waals surface area contributed by atoms with E-state index in [-0.39, 0.29) is 11.1 Å². The van der Waals surface area contributed by atoms with E-state index in [0.29, 0.717) is 11.1 Å². The zero-order chi connectivity index (χ0) is 21.8. The molecule has 0 radical (unpaired) electrons. The first-order valence-corrected chi connectivity index (χ1v) is 9.59. The van der Waals surface area contributed by atoms with E-state index in [0.717, 1.165) is 4.90 Å². The van der Waals surface area contributed by atoms with Gasteiger partial charge < -0.3 is 10.1 Å². The van der Waals surface area contributed by atoms with Crippen LogP contribution in [0, 0.1) is 0 Å². The van der Waals surface area contributed by atoms with Gasteiger partial charge >= 0.3 is 5.97 Å². The summed E-state index contributed by atoms with van der Waals surface area (Å²) in [5, 5.41) is 2.66. The zero-order valence-electron chi connectivity index (χ0n) is 16.4. The average molecular weight is 414 g/mol. The molecule has 0 aromatic heterocycles. The van der Waals surface area contributed by atoms with Crippen molar-refractivity contribution >= 4 is 23.7 Å². The molecule has 0 saturated carbocycles. The summed E-state index contributed by atoms with van der Waals surface area (Å²) in [6.07, 6.45) is 0. The Morgan fingerprint density at radius 3 is 1.87 bits per heavy atom. The first-order valence-electron chi connectivity index (χ1n) is 9.59. The molecule has 0 unspecified atom stereocenters. The maximum Gasteiger partial charge on any atom is 0.335 e. The van der Waals surface area contributed by atoms with Crippen LogP contribution in [0.3, 0.4) is 0 Å².